The lowest BCUT2D eigenvalue weighted by Crippen LogP contribution is -2.47. The van der Waals surface area contributed by atoms with E-state index in [1.807, 2.05) is 12.1 Å². The van der Waals surface area contributed by atoms with Gasteiger partial charge in [-0.3, -0.25) is 19.6 Å². The highest BCUT2D eigenvalue weighted by Gasteiger charge is 2.25. The van der Waals surface area contributed by atoms with Crippen molar-refractivity contribution in [1.82, 2.24) is 25.4 Å². The standard InChI is InChI=1S/C19H17N5O3/c1-27-16-4-2-14(3-5-16)12-23-24(18(25)15-6-8-20-9-7-15)19(26)17-13-21-10-11-22-17/h2-11,13,23H,12H2,1H3. The van der Waals surface area contributed by atoms with Crippen molar-refractivity contribution >= 4 is 11.8 Å². The minimum atomic E-state index is -0.599. The first-order valence-corrected chi connectivity index (χ1v) is 8.10. The van der Waals surface area contributed by atoms with Crippen LogP contribution in [0, 0.1) is 0 Å². The number of hydrogen-bond donors (Lipinski definition) is 1. The smallest absolute Gasteiger partial charge is 0.295 e. The highest BCUT2D eigenvalue weighted by atomic mass is 16.5. The Balaban J connectivity index is 1.82. The van der Waals surface area contributed by atoms with Gasteiger partial charge >= 0.3 is 0 Å². The highest BCUT2D eigenvalue weighted by molar-refractivity contribution is 6.09. The number of carbonyl (C=O) groups is 2. The van der Waals surface area contributed by atoms with Crippen molar-refractivity contribution in [1.29, 1.82) is 0 Å². The predicted molar refractivity (Wildman–Crippen MR) is 96.6 cm³/mol. The van der Waals surface area contributed by atoms with E-state index >= 15 is 0 Å². The number of nitrogens with zero attached hydrogens (tertiary/aromatic N) is 4. The molecule has 3 rings (SSSR count). The third kappa shape index (κ3) is 4.50. The van der Waals surface area contributed by atoms with Crippen LogP contribution in [0.3, 0.4) is 0 Å². The van der Waals surface area contributed by atoms with Crippen molar-refractivity contribution in [2.75, 3.05) is 7.11 Å². The van der Waals surface area contributed by atoms with E-state index in [0.29, 0.717) is 5.56 Å². The molecule has 3 aromatic rings. The maximum absolute atomic E-state index is 12.8. The Morgan fingerprint density at radius 2 is 1.70 bits per heavy atom. The summed E-state index contributed by atoms with van der Waals surface area (Å²) in [4.78, 5) is 37.4. The van der Waals surface area contributed by atoms with Crippen LogP contribution < -0.4 is 10.2 Å². The molecule has 0 atom stereocenters. The van der Waals surface area contributed by atoms with Crippen molar-refractivity contribution in [3.05, 3.63) is 84.2 Å². The lowest BCUT2D eigenvalue weighted by Gasteiger charge is -2.21. The van der Waals surface area contributed by atoms with Gasteiger partial charge in [-0.2, -0.15) is 0 Å². The van der Waals surface area contributed by atoms with E-state index < -0.39 is 11.8 Å². The maximum Gasteiger partial charge on any atom is 0.295 e. The molecule has 0 saturated carbocycles. The van der Waals surface area contributed by atoms with Crippen LogP contribution in [0.25, 0.3) is 0 Å². The Morgan fingerprint density at radius 1 is 0.963 bits per heavy atom. The number of aromatic nitrogens is 3. The normalized spacial score (nSPS) is 10.3. The number of rotatable bonds is 6. The number of hydrazine groups is 1. The molecule has 0 fully saturated rings. The van der Waals surface area contributed by atoms with E-state index in [1.165, 1.54) is 43.1 Å². The SMILES string of the molecule is COc1ccc(CNN(C(=O)c2ccncc2)C(=O)c2cnccn2)cc1. The topological polar surface area (TPSA) is 97.3 Å². The van der Waals surface area contributed by atoms with Gasteiger partial charge in [-0.25, -0.2) is 15.4 Å². The second-order valence-electron chi connectivity index (χ2n) is 5.46. The Morgan fingerprint density at radius 3 is 2.33 bits per heavy atom. The second-order valence-corrected chi connectivity index (χ2v) is 5.46. The minimum Gasteiger partial charge on any atom is -0.497 e. The number of ether oxygens (including phenoxy) is 1. The van der Waals surface area contributed by atoms with E-state index in [2.05, 4.69) is 20.4 Å². The lowest BCUT2D eigenvalue weighted by atomic mass is 10.2. The van der Waals surface area contributed by atoms with Crippen LogP contribution in [0.15, 0.2) is 67.4 Å². The van der Waals surface area contributed by atoms with Crippen molar-refractivity contribution in [3.63, 3.8) is 0 Å². The summed E-state index contributed by atoms with van der Waals surface area (Å²) < 4.78 is 5.13. The van der Waals surface area contributed by atoms with Crippen LogP contribution in [0.4, 0.5) is 0 Å². The van der Waals surface area contributed by atoms with Crippen LogP contribution in [-0.2, 0) is 6.54 Å². The van der Waals surface area contributed by atoms with E-state index in [-0.39, 0.29) is 12.2 Å². The molecule has 0 spiro atoms. The van der Waals surface area contributed by atoms with Crippen LogP contribution in [0.2, 0.25) is 0 Å². The molecule has 0 aliphatic heterocycles. The zero-order chi connectivity index (χ0) is 19.1. The molecule has 0 saturated heterocycles. The Labute approximate surface area is 155 Å². The van der Waals surface area contributed by atoms with Gasteiger partial charge < -0.3 is 4.74 Å². The minimum absolute atomic E-state index is 0.0575. The number of imide groups is 1. The molecular formula is C19H17N5O3. The average Bonchev–Trinajstić information content (AvgIpc) is 2.75. The van der Waals surface area contributed by atoms with Crippen LogP contribution in [0.1, 0.15) is 26.4 Å². The largest absolute Gasteiger partial charge is 0.497 e. The summed E-state index contributed by atoms with van der Waals surface area (Å²) in [5.74, 6) is -0.390. The maximum atomic E-state index is 12.8. The second kappa shape index (κ2) is 8.63. The highest BCUT2D eigenvalue weighted by Crippen LogP contribution is 2.12. The molecule has 0 radical (unpaired) electrons. The number of methoxy groups -OCH3 is 1. The first-order valence-electron chi connectivity index (χ1n) is 8.10. The van der Waals surface area contributed by atoms with Gasteiger partial charge in [0.1, 0.15) is 11.4 Å². The summed E-state index contributed by atoms with van der Waals surface area (Å²) in [7, 11) is 1.59. The first-order chi connectivity index (χ1) is 13.2. The summed E-state index contributed by atoms with van der Waals surface area (Å²) in [5.41, 5.74) is 4.13. The lowest BCUT2D eigenvalue weighted by molar-refractivity contribution is 0.0517. The van der Waals surface area contributed by atoms with Gasteiger partial charge in [0.25, 0.3) is 11.8 Å². The summed E-state index contributed by atoms with van der Waals surface area (Å²) in [6.45, 7) is 0.257. The van der Waals surface area contributed by atoms with E-state index in [0.717, 1.165) is 16.3 Å². The van der Waals surface area contributed by atoms with Gasteiger partial charge in [0, 0.05) is 36.9 Å². The molecule has 0 aliphatic carbocycles. The summed E-state index contributed by atoms with van der Waals surface area (Å²) in [6.07, 6.45) is 7.13. The first kappa shape index (κ1) is 18.2. The number of carbonyl (C=O) groups excluding carboxylic acids is 2. The molecule has 2 amide bonds. The Bertz CT molecular complexity index is 850. The van der Waals surface area contributed by atoms with Crippen LogP contribution >= 0.6 is 0 Å². The predicted octanol–water partition coefficient (Wildman–Crippen LogP) is 1.87. The summed E-state index contributed by atoms with van der Waals surface area (Å²) >= 11 is 0. The molecule has 1 aromatic carbocycles. The number of hydrogen-bond acceptors (Lipinski definition) is 7. The van der Waals surface area contributed by atoms with Crippen molar-refractivity contribution in [2.45, 2.75) is 6.54 Å². The zero-order valence-corrected chi connectivity index (χ0v) is 14.6. The third-order valence-corrected chi connectivity index (χ3v) is 3.72. The fourth-order valence-electron chi connectivity index (χ4n) is 2.30. The fraction of sp³-hybridized carbons (Fsp3) is 0.105. The monoisotopic (exact) mass is 363 g/mol. The summed E-state index contributed by atoms with van der Waals surface area (Å²) in [6, 6.07) is 10.4. The number of pyridine rings is 1. The molecule has 8 heteroatoms. The molecule has 1 N–H and O–H groups in total. The van der Waals surface area contributed by atoms with Gasteiger partial charge in [-0.05, 0) is 29.8 Å². The van der Waals surface area contributed by atoms with Crippen LogP contribution in [0.5, 0.6) is 5.75 Å². The Kier molecular flexibility index (Phi) is 5.80. The molecule has 0 bridgehead atoms. The number of nitrogens with one attached hydrogen (secondary N) is 1. The zero-order valence-electron chi connectivity index (χ0n) is 14.6. The summed E-state index contributed by atoms with van der Waals surface area (Å²) in [5, 5.41) is 0.934. The Hall–Kier alpha value is -3.65. The number of amides is 2. The molecule has 136 valence electrons. The number of benzene rings is 1. The van der Waals surface area contributed by atoms with Crippen molar-refractivity contribution in [2.24, 2.45) is 0 Å². The third-order valence-electron chi connectivity index (χ3n) is 3.72. The van der Waals surface area contributed by atoms with E-state index in [4.69, 9.17) is 4.74 Å². The molecule has 0 unspecified atom stereocenters. The molecule has 27 heavy (non-hydrogen) atoms. The van der Waals surface area contributed by atoms with Gasteiger partial charge in [0.05, 0.1) is 13.3 Å². The van der Waals surface area contributed by atoms with Gasteiger partial charge in [-0.15, -0.1) is 0 Å². The molecule has 0 aliphatic rings. The van der Waals surface area contributed by atoms with Crippen LogP contribution in [-0.4, -0.2) is 38.9 Å². The molecular weight excluding hydrogens is 346 g/mol. The van der Waals surface area contributed by atoms with Gasteiger partial charge in [0.15, 0.2) is 0 Å². The molecule has 2 aromatic heterocycles. The van der Waals surface area contributed by atoms with Gasteiger partial charge in [-0.1, -0.05) is 12.1 Å². The molecule has 2 heterocycles. The van der Waals surface area contributed by atoms with Gasteiger partial charge in [0.2, 0.25) is 0 Å². The quantitative estimate of drug-likeness (QED) is 0.527. The molecule has 8 nitrogen and oxygen atoms in total. The van der Waals surface area contributed by atoms with E-state index in [1.54, 1.807) is 19.2 Å². The van der Waals surface area contributed by atoms with E-state index in [9.17, 15) is 9.59 Å². The van der Waals surface area contributed by atoms with Crippen molar-refractivity contribution < 1.29 is 14.3 Å². The average molecular weight is 363 g/mol. The fourth-order valence-corrected chi connectivity index (χ4v) is 2.30. The van der Waals surface area contributed by atoms with Crippen molar-refractivity contribution in [3.8, 4) is 5.75 Å².